The minimum absolute atomic E-state index is 0.599. The molecule has 0 spiro atoms. The Bertz CT molecular complexity index is 544. The maximum Gasteiger partial charge on any atom is 0.0344 e. The summed E-state index contributed by atoms with van der Waals surface area (Å²) in [5.41, 5.74) is 10.6. The zero-order chi connectivity index (χ0) is 13.8. The molecule has 0 aliphatic carbocycles. The lowest BCUT2D eigenvalue weighted by Gasteiger charge is -2.08. The largest absolute Gasteiger partial charge is 0.399 e. The molecule has 0 heterocycles. The van der Waals surface area contributed by atoms with E-state index in [0.29, 0.717) is 5.92 Å². The summed E-state index contributed by atoms with van der Waals surface area (Å²) in [6, 6.07) is 15.2. The van der Waals surface area contributed by atoms with Gasteiger partial charge in [0.15, 0.2) is 0 Å². The zero-order valence-corrected chi connectivity index (χ0v) is 12.6. The molecule has 0 atom stereocenters. The predicted molar refractivity (Wildman–Crippen MR) is 85.7 cm³/mol. The zero-order valence-electron chi connectivity index (χ0n) is 11.8. The molecule has 2 rings (SSSR count). The number of nitrogen functional groups attached to an aromatic ring is 1. The Morgan fingerprint density at radius 2 is 1.74 bits per heavy atom. The van der Waals surface area contributed by atoms with E-state index in [1.165, 1.54) is 16.0 Å². The summed E-state index contributed by atoms with van der Waals surface area (Å²) in [6.07, 6.45) is 0. The molecular formula is C17H21NS. The van der Waals surface area contributed by atoms with Crippen LogP contribution >= 0.6 is 11.8 Å². The topological polar surface area (TPSA) is 26.0 Å². The average Bonchev–Trinajstić information content (AvgIpc) is 2.40. The van der Waals surface area contributed by atoms with Crippen molar-refractivity contribution in [3.63, 3.8) is 0 Å². The highest BCUT2D eigenvalue weighted by Crippen LogP contribution is 2.26. The molecule has 2 aromatic carbocycles. The molecule has 0 aromatic heterocycles. The van der Waals surface area contributed by atoms with Gasteiger partial charge >= 0.3 is 0 Å². The lowest BCUT2D eigenvalue weighted by Crippen LogP contribution is -1.90. The summed E-state index contributed by atoms with van der Waals surface area (Å²) >= 11 is 1.86. The standard InChI is InChI=1S/C17H21NS/c1-12(2)15-6-4-14(5-7-15)11-19-16-8-9-17(18)13(3)10-16/h4-10,12H,11,18H2,1-3H3. The number of aryl methyl sites for hydroxylation is 1. The molecular weight excluding hydrogens is 250 g/mol. The van der Waals surface area contributed by atoms with Gasteiger partial charge in [-0.1, -0.05) is 38.1 Å². The van der Waals surface area contributed by atoms with Crippen molar-refractivity contribution in [2.24, 2.45) is 0 Å². The van der Waals surface area contributed by atoms with Crippen molar-refractivity contribution < 1.29 is 0 Å². The Labute approximate surface area is 120 Å². The van der Waals surface area contributed by atoms with Crippen LogP contribution in [0.1, 0.15) is 36.5 Å². The van der Waals surface area contributed by atoms with Crippen molar-refractivity contribution >= 4 is 17.4 Å². The first kappa shape index (κ1) is 14.0. The third-order valence-electron chi connectivity index (χ3n) is 3.29. The van der Waals surface area contributed by atoms with Crippen molar-refractivity contribution in [3.8, 4) is 0 Å². The van der Waals surface area contributed by atoms with Gasteiger partial charge in [0.2, 0.25) is 0 Å². The summed E-state index contributed by atoms with van der Waals surface area (Å²) in [5.74, 6) is 1.60. The molecule has 0 fully saturated rings. The van der Waals surface area contributed by atoms with Crippen LogP contribution in [-0.4, -0.2) is 0 Å². The Hall–Kier alpha value is -1.41. The van der Waals surface area contributed by atoms with E-state index in [-0.39, 0.29) is 0 Å². The van der Waals surface area contributed by atoms with Crippen LogP contribution in [0.2, 0.25) is 0 Å². The van der Waals surface area contributed by atoms with Crippen molar-refractivity contribution in [2.75, 3.05) is 5.73 Å². The van der Waals surface area contributed by atoms with E-state index in [4.69, 9.17) is 5.73 Å². The second-order valence-corrected chi connectivity index (χ2v) is 6.25. The maximum atomic E-state index is 5.83. The number of hydrogen-bond acceptors (Lipinski definition) is 2. The molecule has 0 radical (unpaired) electrons. The van der Waals surface area contributed by atoms with Crippen molar-refractivity contribution in [1.82, 2.24) is 0 Å². The molecule has 2 heteroatoms. The van der Waals surface area contributed by atoms with Gasteiger partial charge in [-0.05, 0) is 47.7 Å². The molecule has 100 valence electrons. The van der Waals surface area contributed by atoms with E-state index in [2.05, 4.69) is 57.2 Å². The van der Waals surface area contributed by atoms with Gasteiger partial charge in [0.1, 0.15) is 0 Å². The molecule has 0 saturated heterocycles. The number of thioether (sulfide) groups is 1. The molecule has 2 aromatic rings. The molecule has 0 aliphatic heterocycles. The van der Waals surface area contributed by atoms with Crippen molar-refractivity contribution in [3.05, 3.63) is 59.2 Å². The van der Waals surface area contributed by atoms with Gasteiger partial charge in [-0.2, -0.15) is 0 Å². The lowest BCUT2D eigenvalue weighted by molar-refractivity contribution is 0.866. The highest BCUT2D eigenvalue weighted by atomic mass is 32.2. The fourth-order valence-electron chi connectivity index (χ4n) is 1.90. The normalized spacial score (nSPS) is 10.9. The van der Waals surface area contributed by atoms with E-state index in [1.807, 2.05) is 17.8 Å². The van der Waals surface area contributed by atoms with Gasteiger partial charge in [-0.25, -0.2) is 0 Å². The predicted octanol–water partition coefficient (Wildman–Crippen LogP) is 4.99. The van der Waals surface area contributed by atoms with Crippen molar-refractivity contribution in [2.45, 2.75) is 37.3 Å². The third kappa shape index (κ3) is 3.77. The average molecular weight is 271 g/mol. The van der Waals surface area contributed by atoms with Crippen molar-refractivity contribution in [1.29, 1.82) is 0 Å². The molecule has 0 saturated carbocycles. The van der Waals surface area contributed by atoms with Crippen LogP contribution in [0.3, 0.4) is 0 Å². The maximum absolute atomic E-state index is 5.83. The molecule has 19 heavy (non-hydrogen) atoms. The van der Waals surface area contributed by atoms with Crippen LogP contribution < -0.4 is 5.73 Å². The summed E-state index contributed by atoms with van der Waals surface area (Å²) in [4.78, 5) is 1.28. The van der Waals surface area contributed by atoms with Crippen LogP contribution in [-0.2, 0) is 5.75 Å². The lowest BCUT2D eigenvalue weighted by atomic mass is 10.0. The first-order valence-electron chi connectivity index (χ1n) is 6.64. The number of rotatable bonds is 4. The van der Waals surface area contributed by atoms with Gasteiger partial charge in [0.25, 0.3) is 0 Å². The van der Waals surface area contributed by atoms with Gasteiger partial charge in [-0.15, -0.1) is 11.8 Å². The van der Waals surface area contributed by atoms with E-state index in [0.717, 1.165) is 17.0 Å². The Morgan fingerprint density at radius 1 is 1.05 bits per heavy atom. The minimum atomic E-state index is 0.599. The van der Waals surface area contributed by atoms with Crippen LogP contribution in [0.4, 0.5) is 5.69 Å². The molecule has 0 amide bonds. The van der Waals surface area contributed by atoms with Gasteiger partial charge in [-0.3, -0.25) is 0 Å². The van der Waals surface area contributed by atoms with Crippen LogP contribution in [0, 0.1) is 6.92 Å². The second kappa shape index (κ2) is 6.16. The molecule has 2 N–H and O–H groups in total. The number of nitrogens with two attached hydrogens (primary N) is 1. The SMILES string of the molecule is Cc1cc(SCc2ccc(C(C)C)cc2)ccc1N. The molecule has 1 nitrogen and oxygen atoms in total. The van der Waals surface area contributed by atoms with Gasteiger partial charge < -0.3 is 5.73 Å². The number of benzene rings is 2. The minimum Gasteiger partial charge on any atom is -0.399 e. The summed E-state index contributed by atoms with van der Waals surface area (Å²) in [6.45, 7) is 6.50. The highest BCUT2D eigenvalue weighted by molar-refractivity contribution is 7.98. The smallest absolute Gasteiger partial charge is 0.0344 e. The Kier molecular flexibility index (Phi) is 4.54. The molecule has 0 aliphatic rings. The summed E-state index contributed by atoms with van der Waals surface area (Å²) < 4.78 is 0. The van der Waals surface area contributed by atoms with Crippen LogP contribution in [0.15, 0.2) is 47.4 Å². The second-order valence-electron chi connectivity index (χ2n) is 5.20. The first-order valence-corrected chi connectivity index (χ1v) is 7.62. The monoisotopic (exact) mass is 271 g/mol. The van der Waals surface area contributed by atoms with E-state index in [1.54, 1.807) is 0 Å². The number of anilines is 1. The summed E-state index contributed by atoms with van der Waals surface area (Å²) in [7, 11) is 0. The highest BCUT2D eigenvalue weighted by Gasteiger charge is 2.01. The van der Waals surface area contributed by atoms with E-state index >= 15 is 0 Å². The Morgan fingerprint density at radius 3 is 2.32 bits per heavy atom. The van der Waals surface area contributed by atoms with Gasteiger partial charge in [0.05, 0.1) is 0 Å². The Balaban J connectivity index is 2.00. The third-order valence-corrected chi connectivity index (χ3v) is 4.36. The quantitative estimate of drug-likeness (QED) is 0.626. The first-order chi connectivity index (χ1) is 9.06. The fourth-order valence-corrected chi connectivity index (χ4v) is 2.85. The fraction of sp³-hybridized carbons (Fsp3) is 0.294. The van der Waals surface area contributed by atoms with E-state index in [9.17, 15) is 0 Å². The summed E-state index contributed by atoms with van der Waals surface area (Å²) in [5, 5.41) is 0. The van der Waals surface area contributed by atoms with Gasteiger partial charge in [0, 0.05) is 16.3 Å². The van der Waals surface area contributed by atoms with Crippen LogP contribution in [0.5, 0.6) is 0 Å². The molecule has 0 unspecified atom stereocenters. The number of hydrogen-bond donors (Lipinski definition) is 1. The molecule has 0 bridgehead atoms. The van der Waals surface area contributed by atoms with E-state index < -0.39 is 0 Å². The van der Waals surface area contributed by atoms with Crippen LogP contribution in [0.25, 0.3) is 0 Å².